The average Bonchev–Trinajstić information content (AvgIpc) is 2.27. The predicted molar refractivity (Wildman–Crippen MR) is 60.6 cm³/mol. The maximum Gasteiger partial charge on any atom is 0.105 e. The first kappa shape index (κ1) is 10.1. The van der Waals surface area contributed by atoms with E-state index < -0.39 is 12.2 Å². The Kier molecular flexibility index (Phi) is 2.71. The molecule has 2 aromatic carbocycles. The Morgan fingerprint density at radius 3 is 2.27 bits per heavy atom. The minimum Gasteiger partial charge on any atom is -0.390 e. The fourth-order valence-electron chi connectivity index (χ4n) is 1.67. The van der Waals surface area contributed by atoms with Crippen LogP contribution >= 0.6 is 0 Å². The number of rotatable bonds is 2. The average molecular weight is 202 g/mol. The lowest BCUT2D eigenvalue weighted by molar-refractivity contribution is 0.0306. The van der Waals surface area contributed by atoms with Crippen molar-refractivity contribution in [2.24, 2.45) is 0 Å². The SMILES string of the molecule is CC(O)C(O)c1ccc2ccccc2c1. The quantitative estimate of drug-likeness (QED) is 0.784. The molecule has 2 atom stereocenters. The molecule has 0 aliphatic carbocycles. The van der Waals surface area contributed by atoms with Crippen LogP contribution in [0.1, 0.15) is 18.6 Å². The first-order valence-electron chi connectivity index (χ1n) is 5.03. The highest BCUT2D eigenvalue weighted by Gasteiger charge is 2.13. The van der Waals surface area contributed by atoms with Gasteiger partial charge in [-0.3, -0.25) is 0 Å². The number of aliphatic hydroxyl groups excluding tert-OH is 2. The van der Waals surface area contributed by atoms with E-state index in [0.29, 0.717) is 0 Å². The highest BCUT2D eigenvalue weighted by molar-refractivity contribution is 5.83. The van der Waals surface area contributed by atoms with Gasteiger partial charge in [-0.1, -0.05) is 36.4 Å². The Balaban J connectivity index is 2.47. The molecule has 0 bridgehead atoms. The van der Waals surface area contributed by atoms with Crippen LogP contribution in [0.25, 0.3) is 10.8 Å². The second kappa shape index (κ2) is 4.01. The van der Waals surface area contributed by atoms with E-state index in [9.17, 15) is 10.2 Å². The first-order chi connectivity index (χ1) is 7.18. The summed E-state index contributed by atoms with van der Waals surface area (Å²) in [6.07, 6.45) is -1.55. The van der Waals surface area contributed by atoms with Crippen LogP contribution in [0.5, 0.6) is 0 Å². The second-order valence-electron chi connectivity index (χ2n) is 3.79. The van der Waals surface area contributed by atoms with Crippen molar-refractivity contribution in [2.75, 3.05) is 0 Å². The molecular formula is C13H14O2. The standard InChI is InChI=1S/C13H14O2/c1-9(14)13(15)12-7-6-10-4-2-3-5-11(10)8-12/h2-9,13-15H,1H3. The Bertz CT molecular complexity index is 463. The molecule has 0 aliphatic heterocycles. The zero-order chi connectivity index (χ0) is 10.8. The lowest BCUT2D eigenvalue weighted by atomic mass is 10.0. The zero-order valence-electron chi connectivity index (χ0n) is 8.59. The molecule has 15 heavy (non-hydrogen) atoms. The van der Waals surface area contributed by atoms with Crippen molar-refractivity contribution >= 4 is 10.8 Å². The van der Waals surface area contributed by atoms with Crippen LogP contribution in [0.3, 0.4) is 0 Å². The first-order valence-corrected chi connectivity index (χ1v) is 5.03. The van der Waals surface area contributed by atoms with Crippen LogP contribution < -0.4 is 0 Å². The van der Waals surface area contributed by atoms with Gasteiger partial charge < -0.3 is 10.2 Å². The van der Waals surface area contributed by atoms with Crippen LogP contribution in [0.15, 0.2) is 42.5 Å². The monoisotopic (exact) mass is 202 g/mol. The minimum atomic E-state index is -0.811. The van der Waals surface area contributed by atoms with Gasteiger partial charge in [-0.2, -0.15) is 0 Å². The van der Waals surface area contributed by atoms with Crippen molar-refractivity contribution < 1.29 is 10.2 Å². The third kappa shape index (κ3) is 2.01. The molecule has 2 heteroatoms. The Morgan fingerprint density at radius 1 is 0.933 bits per heavy atom. The Hall–Kier alpha value is -1.38. The van der Waals surface area contributed by atoms with Gasteiger partial charge in [0.15, 0.2) is 0 Å². The van der Waals surface area contributed by atoms with E-state index in [1.165, 1.54) is 0 Å². The molecule has 78 valence electrons. The van der Waals surface area contributed by atoms with Crippen LogP contribution in [-0.2, 0) is 0 Å². The number of hydrogen-bond donors (Lipinski definition) is 2. The summed E-state index contributed by atoms with van der Waals surface area (Å²) in [5, 5.41) is 21.2. The maximum atomic E-state index is 9.71. The molecule has 2 rings (SSSR count). The van der Waals surface area contributed by atoms with Crippen molar-refractivity contribution in [3.8, 4) is 0 Å². The summed E-state index contributed by atoms with van der Waals surface area (Å²) in [6, 6.07) is 13.7. The molecule has 0 aromatic heterocycles. The molecule has 2 aromatic rings. The van der Waals surface area contributed by atoms with E-state index >= 15 is 0 Å². The van der Waals surface area contributed by atoms with E-state index in [-0.39, 0.29) is 0 Å². The number of hydrogen-bond acceptors (Lipinski definition) is 2. The summed E-state index contributed by atoms with van der Waals surface area (Å²) in [5.74, 6) is 0. The van der Waals surface area contributed by atoms with Gasteiger partial charge >= 0.3 is 0 Å². The second-order valence-corrected chi connectivity index (χ2v) is 3.79. The molecule has 0 spiro atoms. The van der Waals surface area contributed by atoms with Crippen LogP contribution in [-0.4, -0.2) is 16.3 Å². The van der Waals surface area contributed by atoms with Crippen LogP contribution in [0.2, 0.25) is 0 Å². The van der Waals surface area contributed by atoms with E-state index in [2.05, 4.69) is 0 Å². The summed E-state index contributed by atoms with van der Waals surface area (Å²) >= 11 is 0. The van der Waals surface area contributed by atoms with E-state index in [1.807, 2.05) is 42.5 Å². The largest absolute Gasteiger partial charge is 0.390 e. The lowest BCUT2D eigenvalue weighted by Crippen LogP contribution is -2.13. The Morgan fingerprint density at radius 2 is 1.60 bits per heavy atom. The highest BCUT2D eigenvalue weighted by Crippen LogP contribution is 2.22. The molecule has 0 radical (unpaired) electrons. The van der Waals surface area contributed by atoms with Gasteiger partial charge in [0.25, 0.3) is 0 Å². The topological polar surface area (TPSA) is 40.5 Å². The molecule has 0 heterocycles. The zero-order valence-corrected chi connectivity index (χ0v) is 8.59. The molecule has 2 unspecified atom stereocenters. The Labute approximate surface area is 88.8 Å². The van der Waals surface area contributed by atoms with Gasteiger partial charge in [-0.25, -0.2) is 0 Å². The molecule has 0 amide bonds. The smallest absolute Gasteiger partial charge is 0.105 e. The van der Waals surface area contributed by atoms with Gasteiger partial charge in [0.05, 0.1) is 6.10 Å². The van der Waals surface area contributed by atoms with Crippen LogP contribution in [0.4, 0.5) is 0 Å². The fraction of sp³-hybridized carbons (Fsp3) is 0.231. The van der Waals surface area contributed by atoms with Gasteiger partial charge in [-0.05, 0) is 29.3 Å². The van der Waals surface area contributed by atoms with Gasteiger partial charge in [0, 0.05) is 0 Å². The number of benzene rings is 2. The highest BCUT2D eigenvalue weighted by atomic mass is 16.3. The molecule has 2 nitrogen and oxygen atoms in total. The van der Waals surface area contributed by atoms with Gasteiger partial charge in [0.2, 0.25) is 0 Å². The molecular weight excluding hydrogens is 188 g/mol. The molecule has 0 aliphatic rings. The van der Waals surface area contributed by atoms with Crippen LogP contribution in [0, 0.1) is 0 Å². The third-order valence-corrected chi connectivity index (χ3v) is 2.57. The molecule has 2 N–H and O–H groups in total. The predicted octanol–water partition coefficient (Wildman–Crippen LogP) is 2.25. The normalized spacial score (nSPS) is 15.1. The van der Waals surface area contributed by atoms with Gasteiger partial charge in [0.1, 0.15) is 6.10 Å². The van der Waals surface area contributed by atoms with Crippen molar-refractivity contribution in [3.05, 3.63) is 48.0 Å². The van der Waals surface area contributed by atoms with Crippen molar-refractivity contribution in [2.45, 2.75) is 19.1 Å². The number of fused-ring (bicyclic) bond motifs is 1. The summed E-state index contributed by atoms with van der Waals surface area (Å²) in [7, 11) is 0. The third-order valence-electron chi connectivity index (χ3n) is 2.57. The summed E-state index contributed by atoms with van der Waals surface area (Å²) in [6.45, 7) is 1.58. The summed E-state index contributed by atoms with van der Waals surface area (Å²) in [4.78, 5) is 0. The number of aliphatic hydroxyl groups is 2. The minimum absolute atomic E-state index is 0.744. The molecule has 0 fully saturated rings. The van der Waals surface area contributed by atoms with E-state index in [1.54, 1.807) is 6.92 Å². The summed E-state index contributed by atoms with van der Waals surface area (Å²) in [5.41, 5.74) is 0.753. The maximum absolute atomic E-state index is 9.71. The lowest BCUT2D eigenvalue weighted by Gasteiger charge is -2.14. The van der Waals surface area contributed by atoms with Gasteiger partial charge in [-0.15, -0.1) is 0 Å². The van der Waals surface area contributed by atoms with Crippen molar-refractivity contribution in [1.82, 2.24) is 0 Å². The van der Waals surface area contributed by atoms with E-state index in [0.717, 1.165) is 16.3 Å². The molecule has 0 saturated heterocycles. The summed E-state index contributed by atoms with van der Waals surface area (Å²) < 4.78 is 0. The molecule has 0 saturated carbocycles. The van der Waals surface area contributed by atoms with E-state index in [4.69, 9.17) is 0 Å². The fourth-order valence-corrected chi connectivity index (χ4v) is 1.67. The van der Waals surface area contributed by atoms with Crippen molar-refractivity contribution in [3.63, 3.8) is 0 Å². The van der Waals surface area contributed by atoms with Crippen molar-refractivity contribution in [1.29, 1.82) is 0 Å².